The highest BCUT2D eigenvalue weighted by Crippen LogP contribution is 2.05. The second-order valence-corrected chi connectivity index (χ2v) is 3.64. The molecule has 0 saturated carbocycles. The summed E-state index contributed by atoms with van der Waals surface area (Å²) >= 11 is 0. The number of esters is 1. The van der Waals surface area contributed by atoms with Crippen molar-refractivity contribution in [2.24, 2.45) is 0 Å². The monoisotopic (exact) mass is 278 g/mol. The number of hydrogen-bond donors (Lipinski definition) is 2. The lowest BCUT2D eigenvalue weighted by Gasteiger charge is -2.06. The second kappa shape index (κ2) is 6.41. The van der Waals surface area contributed by atoms with E-state index in [4.69, 9.17) is 10.5 Å². The van der Waals surface area contributed by atoms with Crippen molar-refractivity contribution < 1.29 is 9.53 Å². The van der Waals surface area contributed by atoms with E-state index in [1.54, 1.807) is 6.92 Å². The molecule has 2 heterocycles. The number of carbonyl (C=O) groups is 1. The van der Waals surface area contributed by atoms with Gasteiger partial charge in [-0.05, 0) is 6.92 Å². The van der Waals surface area contributed by atoms with Crippen LogP contribution in [-0.4, -0.2) is 48.8 Å². The van der Waals surface area contributed by atoms with Crippen LogP contribution in [0.25, 0.3) is 5.95 Å². The molecule has 3 N–H and O–H groups in total. The standard InChI is InChI=1S/C10H14N8O2/c1-2-20-7(19)3-4-13-9-15-8(11)16-10(17-9)18-6-12-5-14-18/h5-6H,2-4H2,1H3,(H3,11,13,15,16,17). The van der Waals surface area contributed by atoms with E-state index in [1.807, 2.05) is 0 Å². The highest BCUT2D eigenvalue weighted by atomic mass is 16.5. The Balaban J connectivity index is 2.00. The first kappa shape index (κ1) is 13.6. The molecule has 0 unspecified atom stereocenters. The lowest BCUT2D eigenvalue weighted by atomic mass is 10.4. The molecular formula is C10H14N8O2. The normalized spacial score (nSPS) is 10.2. The molecule has 0 aromatic carbocycles. The predicted molar refractivity (Wildman–Crippen MR) is 68.9 cm³/mol. The zero-order valence-corrected chi connectivity index (χ0v) is 10.9. The fourth-order valence-corrected chi connectivity index (χ4v) is 1.38. The Hall–Kier alpha value is -2.78. The molecule has 0 aliphatic heterocycles. The highest BCUT2D eigenvalue weighted by molar-refractivity contribution is 5.69. The molecule has 0 bridgehead atoms. The van der Waals surface area contributed by atoms with Gasteiger partial charge in [0.25, 0.3) is 5.95 Å². The van der Waals surface area contributed by atoms with Crippen LogP contribution in [0.15, 0.2) is 12.7 Å². The van der Waals surface area contributed by atoms with Gasteiger partial charge in [0.05, 0.1) is 13.0 Å². The maximum Gasteiger partial charge on any atom is 0.307 e. The van der Waals surface area contributed by atoms with Gasteiger partial charge in [-0.25, -0.2) is 4.98 Å². The zero-order chi connectivity index (χ0) is 14.4. The quantitative estimate of drug-likeness (QED) is 0.664. The van der Waals surface area contributed by atoms with Crippen molar-refractivity contribution in [2.45, 2.75) is 13.3 Å². The zero-order valence-electron chi connectivity index (χ0n) is 10.9. The Kier molecular flexibility index (Phi) is 4.37. The van der Waals surface area contributed by atoms with Crippen LogP contribution < -0.4 is 11.1 Å². The number of nitrogen functional groups attached to an aromatic ring is 1. The highest BCUT2D eigenvalue weighted by Gasteiger charge is 2.07. The maximum absolute atomic E-state index is 11.2. The van der Waals surface area contributed by atoms with Crippen molar-refractivity contribution >= 4 is 17.9 Å². The SMILES string of the molecule is CCOC(=O)CCNc1nc(N)nc(-n2cncn2)n1. The fourth-order valence-electron chi connectivity index (χ4n) is 1.38. The molecule has 0 atom stereocenters. The molecule has 0 spiro atoms. The summed E-state index contributed by atoms with van der Waals surface area (Å²) < 4.78 is 6.16. The topological polar surface area (TPSA) is 134 Å². The minimum absolute atomic E-state index is 0.0455. The van der Waals surface area contributed by atoms with Crippen molar-refractivity contribution in [3.8, 4) is 5.95 Å². The summed E-state index contributed by atoms with van der Waals surface area (Å²) in [6.07, 6.45) is 3.00. The van der Waals surface area contributed by atoms with Crippen LogP contribution in [0.5, 0.6) is 0 Å². The molecule has 0 aliphatic rings. The molecule has 2 rings (SSSR count). The summed E-state index contributed by atoms with van der Waals surface area (Å²) in [4.78, 5) is 26.9. The van der Waals surface area contributed by atoms with Crippen molar-refractivity contribution in [1.29, 1.82) is 0 Å². The molecule has 0 fully saturated rings. The van der Waals surface area contributed by atoms with Gasteiger partial charge in [0.2, 0.25) is 11.9 Å². The summed E-state index contributed by atoms with van der Waals surface area (Å²) in [6.45, 7) is 2.44. The van der Waals surface area contributed by atoms with E-state index in [0.29, 0.717) is 13.2 Å². The third-order valence-electron chi connectivity index (χ3n) is 2.18. The molecule has 106 valence electrons. The van der Waals surface area contributed by atoms with Crippen molar-refractivity contribution in [3.05, 3.63) is 12.7 Å². The molecule has 0 aliphatic carbocycles. The molecule has 0 radical (unpaired) electrons. The van der Waals surface area contributed by atoms with Crippen molar-refractivity contribution in [1.82, 2.24) is 29.7 Å². The summed E-state index contributed by atoms with van der Waals surface area (Å²) in [5, 5.41) is 6.77. The smallest absolute Gasteiger partial charge is 0.307 e. The summed E-state index contributed by atoms with van der Waals surface area (Å²) in [6, 6.07) is 0. The van der Waals surface area contributed by atoms with E-state index in [9.17, 15) is 4.79 Å². The minimum Gasteiger partial charge on any atom is -0.466 e. The third-order valence-corrected chi connectivity index (χ3v) is 2.18. The van der Waals surface area contributed by atoms with Gasteiger partial charge >= 0.3 is 5.97 Å². The lowest BCUT2D eigenvalue weighted by molar-refractivity contribution is -0.142. The average molecular weight is 278 g/mol. The Morgan fingerprint density at radius 2 is 2.30 bits per heavy atom. The van der Waals surface area contributed by atoms with Gasteiger partial charge in [-0.3, -0.25) is 4.79 Å². The molecule has 10 heteroatoms. The molecule has 0 amide bonds. The number of anilines is 2. The van der Waals surface area contributed by atoms with E-state index < -0.39 is 0 Å². The van der Waals surface area contributed by atoms with E-state index >= 15 is 0 Å². The number of nitrogens with zero attached hydrogens (tertiary/aromatic N) is 6. The molecule has 20 heavy (non-hydrogen) atoms. The summed E-state index contributed by atoms with van der Waals surface area (Å²) in [5.74, 6) is 0.253. The van der Waals surface area contributed by atoms with Gasteiger partial charge in [0, 0.05) is 6.54 Å². The van der Waals surface area contributed by atoms with Crippen LogP contribution >= 0.6 is 0 Å². The fraction of sp³-hybridized carbons (Fsp3) is 0.400. The third kappa shape index (κ3) is 3.60. The van der Waals surface area contributed by atoms with Crippen LogP contribution in [0.2, 0.25) is 0 Å². The van der Waals surface area contributed by atoms with Crippen LogP contribution in [0, 0.1) is 0 Å². The Morgan fingerprint density at radius 3 is 3.00 bits per heavy atom. The summed E-state index contributed by atoms with van der Waals surface area (Å²) in [5.41, 5.74) is 5.59. The van der Waals surface area contributed by atoms with Gasteiger partial charge in [0.15, 0.2) is 0 Å². The largest absolute Gasteiger partial charge is 0.466 e. The average Bonchev–Trinajstić information content (AvgIpc) is 2.92. The first-order chi connectivity index (χ1) is 9.69. The molecule has 2 aromatic rings. The predicted octanol–water partition coefficient (Wildman–Crippen LogP) is -0.600. The van der Waals surface area contributed by atoms with Gasteiger partial charge in [0.1, 0.15) is 12.7 Å². The van der Waals surface area contributed by atoms with Gasteiger partial charge < -0.3 is 15.8 Å². The number of rotatable bonds is 6. The molecule has 0 saturated heterocycles. The number of nitrogens with one attached hydrogen (secondary N) is 1. The minimum atomic E-state index is -0.293. The Bertz CT molecular complexity index is 571. The summed E-state index contributed by atoms with van der Waals surface area (Å²) in [7, 11) is 0. The van der Waals surface area contributed by atoms with E-state index in [1.165, 1.54) is 17.3 Å². The Morgan fingerprint density at radius 1 is 1.45 bits per heavy atom. The van der Waals surface area contributed by atoms with Gasteiger partial charge in [-0.15, -0.1) is 0 Å². The van der Waals surface area contributed by atoms with E-state index in [-0.39, 0.29) is 30.2 Å². The van der Waals surface area contributed by atoms with Gasteiger partial charge in [-0.2, -0.15) is 24.7 Å². The lowest BCUT2D eigenvalue weighted by Crippen LogP contribution is -2.15. The van der Waals surface area contributed by atoms with E-state index in [0.717, 1.165) is 0 Å². The van der Waals surface area contributed by atoms with Crippen LogP contribution in [-0.2, 0) is 9.53 Å². The second-order valence-electron chi connectivity index (χ2n) is 3.64. The first-order valence-electron chi connectivity index (χ1n) is 5.95. The molecule has 2 aromatic heterocycles. The van der Waals surface area contributed by atoms with Gasteiger partial charge in [-0.1, -0.05) is 0 Å². The van der Waals surface area contributed by atoms with Crippen molar-refractivity contribution in [2.75, 3.05) is 24.2 Å². The van der Waals surface area contributed by atoms with Crippen molar-refractivity contribution in [3.63, 3.8) is 0 Å². The molecule has 10 nitrogen and oxygen atoms in total. The number of hydrogen-bond acceptors (Lipinski definition) is 9. The maximum atomic E-state index is 11.2. The van der Waals surface area contributed by atoms with Crippen LogP contribution in [0.3, 0.4) is 0 Å². The number of nitrogens with two attached hydrogens (primary N) is 1. The first-order valence-corrected chi connectivity index (χ1v) is 5.95. The van der Waals surface area contributed by atoms with Crippen LogP contribution in [0.4, 0.5) is 11.9 Å². The van der Waals surface area contributed by atoms with E-state index in [2.05, 4.69) is 30.4 Å². The number of carbonyl (C=O) groups excluding carboxylic acids is 1. The molecular weight excluding hydrogens is 264 g/mol. The number of ether oxygens (including phenoxy) is 1. The number of aromatic nitrogens is 6. The Labute approximate surface area is 114 Å². The van der Waals surface area contributed by atoms with Crippen LogP contribution in [0.1, 0.15) is 13.3 Å².